The van der Waals surface area contributed by atoms with Gasteiger partial charge in [0.05, 0.1) is 30.7 Å². The monoisotopic (exact) mass is 602 g/mol. The lowest BCUT2D eigenvalue weighted by molar-refractivity contribution is 0.0868. The van der Waals surface area contributed by atoms with Crippen LogP contribution in [-0.2, 0) is 17.9 Å². The average molecular weight is 603 g/mol. The standard InChI is InChI=1S/C33H58N2O4Si2/c1-15-18-28-30(29-21-34-27(11)35(29)22-36-19-20-40(12,13)14)33(32(38-17-3)26(10)31(28)37-16-2)39-41(23(4)5,24(6)7)25(8)9/h15,21,23-25H,1,16-20,22H2,2-14H3. The molecule has 0 unspecified atom stereocenters. The molecule has 1 aromatic heterocycles. The maximum atomic E-state index is 7.54. The molecule has 0 saturated carbocycles. The van der Waals surface area contributed by atoms with Gasteiger partial charge in [-0.1, -0.05) is 67.3 Å². The predicted molar refractivity (Wildman–Crippen MR) is 179 cm³/mol. The van der Waals surface area contributed by atoms with E-state index in [0.29, 0.717) is 43.0 Å². The van der Waals surface area contributed by atoms with E-state index in [4.69, 9.17) is 23.6 Å². The van der Waals surface area contributed by atoms with Gasteiger partial charge in [0, 0.05) is 25.8 Å². The summed E-state index contributed by atoms with van der Waals surface area (Å²) >= 11 is 0. The van der Waals surface area contributed by atoms with Gasteiger partial charge < -0.3 is 23.2 Å². The zero-order valence-electron chi connectivity index (χ0n) is 28.4. The topological polar surface area (TPSA) is 54.7 Å². The molecule has 8 heteroatoms. The number of nitrogens with zero attached hydrogens (tertiary/aromatic N) is 2. The summed E-state index contributed by atoms with van der Waals surface area (Å²) in [4.78, 5) is 4.78. The van der Waals surface area contributed by atoms with Crippen molar-refractivity contribution < 1.29 is 18.6 Å². The molecule has 0 amide bonds. The number of aromatic nitrogens is 2. The molecule has 0 radical (unpaired) electrons. The van der Waals surface area contributed by atoms with E-state index in [1.165, 1.54) is 0 Å². The van der Waals surface area contributed by atoms with Crippen LogP contribution in [0.1, 0.15) is 72.3 Å². The van der Waals surface area contributed by atoms with Gasteiger partial charge in [0.25, 0.3) is 8.32 Å². The van der Waals surface area contributed by atoms with E-state index in [2.05, 4.69) is 79.3 Å². The second-order valence-corrected chi connectivity index (χ2v) is 24.2. The number of benzene rings is 1. The maximum Gasteiger partial charge on any atom is 0.258 e. The summed E-state index contributed by atoms with van der Waals surface area (Å²) < 4.78 is 28.8. The molecule has 6 nitrogen and oxygen atoms in total. The summed E-state index contributed by atoms with van der Waals surface area (Å²) in [5.41, 5.74) is 5.17. The highest BCUT2D eigenvalue weighted by molar-refractivity contribution is 6.78. The molecule has 1 heterocycles. The van der Waals surface area contributed by atoms with E-state index in [9.17, 15) is 0 Å². The molecule has 1 aromatic carbocycles. The Kier molecular flexibility index (Phi) is 12.8. The fraction of sp³-hybridized carbons (Fsp3) is 0.667. The van der Waals surface area contributed by atoms with Crippen molar-refractivity contribution in [1.29, 1.82) is 0 Å². The lowest BCUT2D eigenvalue weighted by atomic mass is 9.95. The minimum absolute atomic E-state index is 0.399. The fourth-order valence-electron chi connectivity index (χ4n) is 6.12. The van der Waals surface area contributed by atoms with E-state index in [-0.39, 0.29) is 0 Å². The first kappa shape index (κ1) is 35.2. The molecule has 0 saturated heterocycles. The number of imidazole rings is 1. The highest BCUT2D eigenvalue weighted by atomic mass is 28.4. The van der Waals surface area contributed by atoms with E-state index < -0.39 is 16.4 Å². The largest absolute Gasteiger partial charge is 0.540 e. The third-order valence-corrected chi connectivity index (χ3v) is 15.8. The lowest BCUT2D eigenvalue weighted by Gasteiger charge is -2.43. The molecular weight excluding hydrogens is 545 g/mol. The van der Waals surface area contributed by atoms with Crippen molar-refractivity contribution in [2.45, 2.75) is 125 Å². The van der Waals surface area contributed by atoms with Crippen LogP contribution in [0.4, 0.5) is 0 Å². The molecule has 0 aliphatic rings. The average Bonchev–Trinajstić information content (AvgIpc) is 3.23. The van der Waals surface area contributed by atoms with Crippen molar-refractivity contribution in [3.63, 3.8) is 0 Å². The number of rotatable bonds is 17. The SMILES string of the molecule is C=CCc1c(OCC)c(C)c(OCC)c(O[Si](C(C)C)(C(C)C)C(C)C)c1-c1cnc(C)n1COCC[Si](C)(C)C. The zero-order chi connectivity index (χ0) is 31.1. The van der Waals surface area contributed by atoms with Gasteiger partial charge >= 0.3 is 0 Å². The third-order valence-electron chi connectivity index (χ3n) is 8.13. The van der Waals surface area contributed by atoms with Crippen molar-refractivity contribution in [3.05, 3.63) is 35.8 Å². The van der Waals surface area contributed by atoms with Gasteiger partial charge in [-0.05, 0) is 56.8 Å². The van der Waals surface area contributed by atoms with Crippen LogP contribution in [0.3, 0.4) is 0 Å². The Morgan fingerprint density at radius 1 is 0.902 bits per heavy atom. The van der Waals surface area contributed by atoms with Gasteiger partial charge in [-0.2, -0.15) is 0 Å². The Morgan fingerprint density at radius 3 is 1.95 bits per heavy atom. The Hall–Kier alpha value is -2.04. The molecule has 0 bridgehead atoms. The Labute approximate surface area is 253 Å². The molecule has 41 heavy (non-hydrogen) atoms. The fourth-order valence-corrected chi connectivity index (χ4v) is 12.1. The van der Waals surface area contributed by atoms with Crippen LogP contribution in [-0.4, -0.2) is 45.8 Å². The van der Waals surface area contributed by atoms with Gasteiger partial charge in [0.1, 0.15) is 18.3 Å². The summed E-state index contributed by atoms with van der Waals surface area (Å²) in [6, 6.07) is 1.12. The first-order valence-corrected chi connectivity index (χ1v) is 21.4. The molecule has 2 aromatic rings. The van der Waals surface area contributed by atoms with Gasteiger partial charge in [0.15, 0.2) is 11.5 Å². The second kappa shape index (κ2) is 14.9. The Bertz CT molecular complexity index is 1130. The quantitative estimate of drug-likeness (QED) is 0.102. The molecule has 232 valence electrons. The Morgan fingerprint density at radius 2 is 1.46 bits per heavy atom. The smallest absolute Gasteiger partial charge is 0.258 e. The molecule has 0 fully saturated rings. The number of hydrogen-bond donors (Lipinski definition) is 0. The maximum absolute atomic E-state index is 7.54. The summed E-state index contributed by atoms with van der Waals surface area (Å²) in [6.07, 6.45) is 4.53. The normalized spacial score (nSPS) is 12.5. The highest BCUT2D eigenvalue weighted by Crippen LogP contribution is 2.53. The number of allylic oxidation sites excluding steroid dienone is 1. The highest BCUT2D eigenvalue weighted by Gasteiger charge is 2.48. The van der Waals surface area contributed by atoms with Gasteiger partial charge in [-0.15, -0.1) is 6.58 Å². The van der Waals surface area contributed by atoms with Crippen LogP contribution in [0.5, 0.6) is 17.2 Å². The van der Waals surface area contributed by atoms with E-state index in [1.54, 1.807) is 0 Å². The predicted octanol–water partition coefficient (Wildman–Crippen LogP) is 9.56. The summed E-state index contributed by atoms with van der Waals surface area (Å²) in [7, 11) is -3.57. The lowest BCUT2D eigenvalue weighted by Crippen LogP contribution is -2.51. The van der Waals surface area contributed by atoms with Crippen LogP contribution < -0.4 is 13.9 Å². The molecule has 2 rings (SSSR count). The number of ether oxygens (including phenoxy) is 3. The van der Waals surface area contributed by atoms with Crippen molar-refractivity contribution in [3.8, 4) is 28.5 Å². The van der Waals surface area contributed by atoms with Gasteiger partial charge in [-0.3, -0.25) is 0 Å². The van der Waals surface area contributed by atoms with Gasteiger partial charge in [-0.25, -0.2) is 4.98 Å². The minimum atomic E-state index is -2.36. The first-order chi connectivity index (χ1) is 19.2. The first-order valence-electron chi connectivity index (χ1n) is 15.5. The second-order valence-electron chi connectivity index (χ2n) is 13.2. The molecule has 0 aliphatic carbocycles. The van der Waals surface area contributed by atoms with Crippen LogP contribution in [0, 0.1) is 13.8 Å². The van der Waals surface area contributed by atoms with Crippen molar-refractivity contribution >= 4 is 16.4 Å². The van der Waals surface area contributed by atoms with Gasteiger partial charge in [0.2, 0.25) is 0 Å². The van der Waals surface area contributed by atoms with E-state index in [1.807, 2.05) is 33.0 Å². The van der Waals surface area contributed by atoms with Crippen LogP contribution in [0.25, 0.3) is 11.3 Å². The third kappa shape index (κ3) is 7.87. The molecular formula is C33H58N2O4Si2. The van der Waals surface area contributed by atoms with Crippen molar-refractivity contribution in [2.24, 2.45) is 0 Å². The van der Waals surface area contributed by atoms with Crippen LogP contribution in [0.15, 0.2) is 18.9 Å². The van der Waals surface area contributed by atoms with E-state index >= 15 is 0 Å². The molecule has 0 spiro atoms. The number of hydrogen-bond acceptors (Lipinski definition) is 5. The van der Waals surface area contributed by atoms with Crippen molar-refractivity contribution in [1.82, 2.24) is 9.55 Å². The summed E-state index contributed by atoms with van der Waals surface area (Å²) in [5.74, 6) is 3.33. The number of aryl methyl sites for hydroxylation is 1. The molecule has 0 atom stereocenters. The van der Waals surface area contributed by atoms with Crippen LogP contribution >= 0.6 is 0 Å². The van der Waals surface area contributed by atoms with Crippen molar-refractivity contribution in [2.75, 3.05) is 19.8 Å². The summed E-state index contributed by atoms with van der Waals surface area (Å²) in [5, 5.41) is 0. The molecule has 0 N–H and O–H groups in total. The minimum Gasteiger partial charge on any atom is -0.540 e. The Balaban J connectivity index is 2.99. The summed E-state index contributed by atoms with van der Waals surface area (Å²) in [6.45, 7) is 35.6. The van der Waals surface area contributed by atoms with E-state index in [0.717, 1.165) is 58.1 Å². The molecule has 0 aliphatic heterocycles. The zero-order valence-corrected chi connectivity index (χ0v) is 30.4. The van der Waals surface area contributed by atoms with Crippen LogP contribution in [0.2, 0.25) is 42.3 Å².